The van der Waals surface area contributed by atoms with Crippen molar-refractivity contribution in [1.82, 2.24) is 0 Å². The van der Waals surface area contributed by atoms with Gasteiger partial charge in [0.25, 0.3) is 0 Å². The Balaban J connectivity index is 1.54. The molecule has 0 amide bonds. The highest BCUT2D eigenvalue weighted by Crippen LogP contribution is 2.65. The quantitative estimate of drug-likeness (QED) is 0.533. The van der Waals surface area contributed by atoms with E-state index in [2.05, 4.69) is 20.8 Å². The Morgan fingerprint density at radius 3 is 2.59 bits per heavy atom. The summed E-state index contributed by atoms with van der Waals surface area (Å²) in [5, 5.41) is 0. The predicted octanol–water partition coefficient (Wildman–Crippen LogP) is 4.90. The van der Waals surface area contributed by atoms with E-state index in [1.54, 1.807) is 33.8 Å². The van der Waals surface area contributed by atoms with E-state index in [4.69, 9.17) is 14.0 Å². The monoisotopic (exact) mass is 402 g/mol. The average Bonchev–Trinajstić information content (AvgIpc) is 2.91. The minimum Gasteiger partial charge on any atom is -0.456 e. The molecule has 1 unspecified atom stereocenters. The summed E-state index contributed by atoms with van der Waals surface area (Å²) in [7, 11) is -0.379. The Morgan fingerprint density at radius 2 is 1.97 bits per heavy atom. The van der Waals surface area contributed by atoms with E-state index in [-0.39, 0.29) is 24.4 Å². The second-order valence-electron chi connectivity index (χ2n) is 10.8. The van der Waals surface area contributed by atoms with E-state index in [0.717, 1.165) is 12.0 Å². The van der Waals surface area contributed by atoms with Gasteiger partial charge in [0.2, 0.25) is 0 Å². The van der Waals surface area contributed by atoms with Crippen LogP contribution in [0, 0.1) is 30.0 Å². The lowest BCUT2D eigenvalue weighted by Gasteiger charge is -2.64. The van der Waals surface area contributed by atoms with Gasteiger partial charge in [-0.2, -0.15) is 0 Å². The molecule has 158 valence electrons. The van der Waals surface area contributed by atoms with Crippen LogP contribution in [0.2, 0.25) is 0 Å². The number of halogens is 1. The van der Waals surface area contributed by atoms with E-state index in [9.17, 15) is 9.18 Å². The zero-order valence-electron chi connectivity index (χ0n) is 18.6. The lowest BCUT2D eigenvalue weighted by molar-refractivity contribution is -0.199. The van der Waals surface area contributed by atoms with Crippen molar-refractivity contribution in [2.24, 2.45) is 17.3 Å². The average molecular weight is 402 g/mol. The van der Waals surface area contributed by atoms with Crippen molar-refractivity contribution in [3.05, 3.63) is 34.6 Å². The summed E-state index contributed by atoms with van der Waals surface area (Å²) in [4.78, 5) is 12.5. The van der Waals surface area contributed by atoms with Crippen LogP contribution in [0.4, 0.5) is 4.39 Å². The van der Waals surface area contributed by atoms with Crippen molar-refractivity contribution >= 4 is 13.1 Å². The molecule has 0 N–H and O–H groups in total. The number of carbonyl (C=O) groups excluding carboxylic acids is 1. The van der Waals surface area contributed by atoms with Crippen LogP contribution in [0.5, 0.6) is 0 Å². The van der Waals surface area contributed by atoms with Crippen LogP contribution < -0.4 is 0 Å². The highest BCUT2D eigenvalue weighted by Gasteiger charge is 2.67. The molecule has 0 aromatic heterocycles. The van der Waals surface area contributed by atoms with Crippen molar-refractivity contribution in [1.29, 1.82) is 0 Å². The van der Waals surface area contributed by atoms with E-state index >= 15 is 0 Å². The first-order valence-corrected chi connectivity index (χ1v) is 10.7. The summed E-state index contributed by atoms with van der Waals surface area (Å²) in [5.74, 6) is -0.00239. The maximum absolute atomic E-state index is 14.5. The largest absolute Gasteiger partial charge is 0.462 e. The van der Waals surface area contributed by atoms with Crippen LogP contribution in [0.3, 0.4) is 0 Å². The molecule has 1 aromatic rings. The van der Waals surface area contributed by atoms with Crippen molar-refractivity contribution in [3.8, 4) is 0 Å². The van der Waals surface area contributed by atoms with Crippen molar-refractivity contribution in [2.75, 3.05) is 0 Å². The highest BCUT2D eigenvalue weighted by molar-refractivity contribution is 6.45. The number of benzene rings is 1. The lowest BCUT2D eigenvalue weighted by Crippen LogP contribution is -2.65. The molecule has 4 aliphatic rings. The van der Waals surface area contributed by atoms with Crippen LogP contribution in [-0.2, 0) is 20.4 Å². The summed E-state index contributed by atoms with van der Waals surface area (Å²) in [6.07, 6.45) is 2.83. The minimum absolute atomic E-state index is 0.00226. The van der Waals surface area contributed by atoms with Gasteiger partial charge < -0.3 is 14.0 Å². The molecule has 29 heavy (non-hydrogen) atoms. The molecule has 4 fully saturated rings. The molecular formula is C23H32BFO4. The Bertz CT molecular complexity index is 846. The number of hydrogen-bond acceptors (Lipinski definition) is 4. The molecule has 3 saturated carbocycles. The fourth-order valence-electron chi connectivity index (χ4n) is 5.74. The van der Waals surface area contributed by atoms with Crippen molar-refractivity contribution in [3.63, 3.8) is 0 Å². The zero-order chi connectivity index (χ0) is 21.4. The van der Waals surface area contributed by atoms with E-state index in [1.165, 1.54) is 12.5 Å². The Labute approximate surface area is 173 Å². The molecule has 6 heteroatoms. The first kappa shape index (κ1) is 20.9. The molecule has 1 aliphatic heterocycles. The topological polar surface area (TPSA) is 44.8 Å². The minimum atomic E-state index is -0.679. The molecular weight excluding hydrogens is 370 g/mol. The zero-order valence-corrected chi connectivity index (χ0v) is 18.6. The number of ether oxygens (including phenoxy) is 1. The summed E-state index contributed by atoms with van der Waals surface area (Å²) in [6, 6.07) is 3.06. The SMILES string of the molecule is Cc1c(CB2OC3C[C@@H]4C[C@@H](C4(C)C)[C@]3(C)O2)ccc(F)c1C(=O)OC(C)(C)C. The number of rotatable bonds is 3. The van der Waals surface area contributed by atoms with Gasteiger partial charge in [-0.25, -0.2) is 9.18 Å². The van der Waals surface area contributed by atoms with E-state index in [0.29, 0.717) is 29.1 Å². The predicted molar refractivity (Wildman–Crippen MR) is 110 cm³/mol. The van der Waals surface area contributed by atoms with Crippen LogP contribution in [0.1, 0.15) is 75.9 Å². The number of hydrogen-bond donors (Lipinski definition) is 0. The summed E-state index contributed by atoms with van der Waals surface area (Å²) >= 11 is 0. The molecule has 5 rings (SSSR count). The fraction of sp³-hybridized carbons (Fsp3) is 0.696. The van der Waals surface area contributed by atoms with Crippen LogP contribution in [0.15, 0.2) is 12.1 Å². The van der Waals surface area contributed by atoms with Gasteiger partial charge in [-0.3, -0.25) is 0 Å². The van der Waals surface area contributed by atoms with Gasteiger partial charge >= 0.3 is 13.1 Å². The lowest BCUT2D eigenvalue weighted by atomic mass is 9.43. The fourth-order valence-corrected chi connectivity index (χ4v) is 5.74. The smallest absolute Gasteiger partial charge is 0.456 e. The summed E-state index contributed by atoms with van der Waals surface area (Å²) in [6.45, 7) is 13.9. The molecule has 1 heterocycles. The second-order valence-corrected chi connectivity index (χ2v) is 10.8. The van der Waals surface area contributed by atoms with Gasteiger partial charge in [-0.15, -0.1) is 0 Å². The molecule has 2 bridgehead atoms. The third-order valence-corrected chi connectivity index (χ3v) is 7.52. The Kier molecular flexibility index (Phi) is 4.71. The number of carbonyl (C=O) groups is 1. The van der Waals surface area contributed by atoms with E-state index in [1.807, 2.05) is 0 Å². The van der Waals surface area contributed by atoms with Gasteiger partial charge in [0.05, 0.1) is 17.3 Å². The van der Waals surface area contributed by atoms with Crippen molar-refractivity contribution < 1.29 is 23.2 Å². The first-order valence-electron chi connectivity index (χ1n) is 10.7. The van der Waals surface area contributed by atoms with Gasteiger partial charge in [0.15, 0.2) is 0 Å². The molecule has 4 atom stereocenters. The van der Waals surface area contributed by atoms with Crippen LogP contribution >= 0.6 is 0 Å². The molecule has 4 nitrogen and oxygen atoms in total. The maximum atomic E-state index is 14.5. The normalized spacial score (nSPS) is 32.6. The molecule has 1 saturated heterocycles. The third kappa shape index (κ3) is 3.32. The van der Waals surface area contributed by atoms with Gasteiger partial charge in [0.1, 0.15) is 11.4 Å². The van der Waals surface area contributed by atoms with Crippen LogP contribution in [-0.4, -0.2) is 30.4 Å². The van der Waals surface area contributed by atoms with Gasteiger partial charge in [-0.05, 0) is 81.9 Å². The first-order chi connectivity index (χ1) is 13.3. The molecule has 0 spiro atoms. The Morgan fingerprint density at radius 1 is 1.28 bits per heavy atom. The van der Waals surface area contributed by atoms with Crippen LogP contribution in [0.25, 0.3) is 0 Å². The third-order valence-electron chi connectivity index (χ3n) is 7.52. The highest BCUT2D eigenvalue weighted by atomic mass is 19.1. The molecule has 1 aromatic carbocycles. The van der Waals surface area contributed by atoms with Gasteiger partial charge in [-0.1, -0.05) is 19.9 Å². The molecule has 0 radical (unpaired) electrons. The Hall–Kier alpha value is -1.40. The molecule has 3 aliphatic carbocycles. The van der Waals surface area contributed by atoms with E-state index < -0.39 is 17.4 Å². The standard InChI is InChI=1S/C23H32BFO4/c1-13-14(8-9-16(25)19(13)20(26)27-21(2,3)4)12-24-28-18-11-15-10-17(22(15,5)6)23(18,7)29-24/h8-9,15,17-18H,10-12H2,1-7H3/t15-,17-,18?,23-/m0/s1. The maximum Gasteiger partial charge on any atom is 0.462 e. The number of esters is 1. The van der Waals surface area contributed by atoms with Crippen molar-refractivity contribution in [2.45, 2.75) is 84.9 Å². The van der Waals surface area contributed by atoms with Gasteiger partial charge in [0, 0.05) is 6.32 Å². The summed E-state index contributed by atoms with van der Waals surface area (Å²) in [5.41, 5.74) is 0.788. The summed E-state index contributed by atoms with van der Waals surface area (Å²) < 4.78 is 32.6. The second kappa shape index (κ2) is 6.55.